The Morgan fingerprint density at radius 2 is 1.62 bits per heavy atom. The van der Waals surface area contributed by atoms with Crippen LogP contribution < -0.4 is 11.2 Å². The van der Waals surface area contributed by atoms with Gasteiger partial charge in [-0.3, -0.25) is 10.8 Å². The fourth-order valence-electron chi connectivity index (χ4n) is 1.65. The number of nitriles is 1. The lowest BCUT2D eigenvalue weighted by atomic mass is 10.1. The summed E-state index contributed by atoms with van der Waals surface area (Å²) in [6, 6.07) is 17.3. The SMILES string of the molecule is N#C/C(=N\Nc1ccc(-c2ccc(Br)cc2)cc1)C(=N)N. The molecule has 0 bridgehead atoms. The maximum Gasteiger partial charge on any atom is 0.201 e. The highest BCUT2D eigenvalue weighted by Gasteiger charge is 2.01. The van der Waals surface area contributed by atoms with Crippen LogP contribution in [0.15, 0.2) is 58.1 Å². The first-order chi connectivity index (χ1) is 10.1. The van der Waals surface area contributed by atoms with Gasteiger partial charge in [0.2, 0.25) is 5.71 Å². The molecule has 5 nitrogen and oxygen atoms in total. The lowest BCUT2D eigenvalue weighted by molar-refractivity contribution is 1.33. The molecule has 0 saturated heterocycles. The molecule has 21 heavy (non-hydrogen) atoms. The average Bonchev–Trinajstić information content (AvgIpc) is 2.49. The van der Waals surface area contributed by atoms with Gasteiger partial charge in [-0.25, -0.2) is 0 Å². The van der Waals surface area contributed by atoms with E-state index in [-0.39, 0.29) is 11.5 Å². The second-order valence-corrected chi connectivity index (χ2v) is 5.10. The van der Waals surface area contributed by atoms with E-state index in [1.54, 1.807) is 6.07 Å². The number of anilines is 1. The van der Waals surface area contributed by atoms with Crippen LogP contribution in [0.5, 0.6) is 0 Å². The number of nitrogens with zero attached hydrogens (tertiary/aromatic N) is 2. The van der Waals surface area contributed by atoms with Gasteiger partial charge in [0.1, 0.15) is 6.07 Å². The Labute approximate surface area is 130 Å². The van der Waals surface area contributed by atoms with Crippen LogP contribution in [0.1, 0.15) is 0 Å². The van der Waals surface area contributed by atoms with Crippen molar-refractivity contribution in [3.05, 3.63) is 53.0 Å². The molecule has 0 unspecified atom stereocenters. The number of nitrogens with two attached hydrogens (primary N) is 1. The number of hydrazone groups is 1. The van der Waals surface area contributed by atoms with Crippen molar-refractivity contribution in [3.63, 3.8) is 0 Å². The van der Waals surface area contributed by atoms with Gasteiger partial charge in [-0.15, -0.1) is 0 Å². The number of benzene rings is 2. The molecule has 2 aromatic carbocycles. The van der Waals surface area contributed by atoms with Crippen LogP contribution in [-0.2, 0) is 0 Å². The molecule has 0 aromatic heterocycles. The van der Waals surface area contributed by atoms with E-state index in [4.69, 9.17) is 16.4 Å². The zero-order chi connectivity index (χ0) is 15.2. The van der Waals surface area contributed by atoms with Crippen LogP contribution in [0, 0.1) is 16.7 Å². The van der Waals surface area contributed by atoms with Crippen molar-refractivity contribution in [1.82, 2.24) is 0 Å². The maximum absolute atomic E-state index is 8.74. The normalized spacial score (nSPS) is 10.8. The van der Waals surface area contributed by atoms with Crippen molar-refractivity contribution >= 4 is 33.2 Å². The summed E-state index contributed by atoms with van der Waals surface area (Å²) in [5.74, 6) is -0.364. The number of amidine groups is 1. The van der Waals surface area contributed by atoms with Gasteiger partial charge in [-0.2, -0.15) is 10.4 Å². The molecule has 6 heteroatoms. The molecule has 0 radical (unpaired) electrons. The number of hydrogen-bond donors (Lipinski definition) is 3. The van der Waals surface area contributed by atoms with Crippen molar-refractivity contribution in [3.8, 4) is 17.2 Å². The van der Waals surface area contributed by atoms with E-state index in [2.05, 4.69) is 26.5 Å². The second-order valence-electron chi connectivity index (χ2n) is 4.18. The van der Waals surface area contributed by atoms with E-state index in [0.29, 0.717) is 5.69 Å². The molecular formula is C15H12BrN5. The van der Waals surface area contributed by atoms with E-state index in [9.17, 15) is 0 Å². The van der Waals surface area contributed by atoms with E-state index in [1.807, 2.05) is 48.5 Å². The third-order valence-electron chi connectivity index (χ3n) is 2.72. The fourth-order valence-corrected chi connectivity index (χ4v) is 1.91. The predicted molar refractivity (Wildman–Crippen MR) is 88.2 cm³/mol. The van der Waals surface area contributed by atoms with Crippen LogP contribution in [0.25, 0.3) is 11.1 Å². The molecule has 104 valence electrons. The summed E-state index contributed by atoms with van der Waals surface area (Å²) in [6.45, 7) is 0. The molecule has 0 aliphatic heterocycles. The minimum Gasteiger partial charge on any atom is -0.382 e. The molecule has 4 N–H and O–H groups in total. The smallest absolute Gasteiger partial charge is 0.201 e. The molecule has 0 amide bonds. The highest BCUT2D eigenvalue weighted by Crippen LogP contribution is 2.23. The Morgan fingerprint density at radius 1 is 1.10 bits per heavy atom. The zero-order valence-corrected chi connectivity index (χ0v) is 12.6. The van der Waals surface area contributed by atoms with Crippen LogP contribution in [0.2, 0.25) is 0 Å². The van der Waals surface area contributed by atoms with E-state index in [0.717, 1.165) is 15.6 Å². The summed E-state index contributed by atoms with van der Waals surface area (Å²) in [4.78, 5) is 0. The molecule has 0 aliphatic carbocycles. The van der Waals surface area contributed by atoms with Crippen molar-refractivity contribution < 1.29 is 0 Å². The first-order valence-electron chi connectivity index (χ1n) is 6.04. The van der Waals surface area contributed by atoms with Crippen molar-refractivity contribution in [1.29, 1.82) is 10.7 Å². The number of halogens is 1. The van der Waals surface area contributed by atoms with Crippen molar-refractivity contribution in [2.75, 3.05) is 5.43 Å². The monoisotopic (exact) mass is 341 g/mol. The van der Waals surface area contributed by atoms with E-state index >= 15 is 0 Å². The molecule has 0 atom stereocenters. The Bertz CT molecular complexity index is 711. The summed E-state index contributed by atoms with van der Waals surface area (Å²) in [5.41, 5.74) is 10.7. The highest BCUT2D eigenvalue weighted by atomic mass is 79.9. The molecule has 2 aromatic rings. The Balaban J connectivity index is 2.14. The lowest BCUT2D eigenvalue weighted by Crippen LogP contribution is -2.21. The lowest BCUT2D eigenvalue weighted by Gasteiger charge is -2.05. The van der Waals surface area contributed by atoms with Gasteiger partial charge >= 0.3 is 0 Å². The molecule has 0 fully saturated rings. The highest BCUT2D eigenvalue weighted by molar-refractivity contribution is 9.10. The Kier molecular flexibility index (Phi) is 4.69. The Hall–Kier alpha value is -2.65. The van der Waals surface area contributed by atoms with E-state index in [1.165, 1.54) is 0 Å². The minimum absolute atomic E-state index is 0.146. The summed E-state index contributed by atoms with van der Waals surface area (Å²) >= 11 is 3.40. The minimum atomic E-state index is -0.364. The maximum atomic E-state index is 8.74. The van der Waals surface area contributed by atoms with Crippen LogP contribution in [-0.4, -0.2) is 11.5 Å². The molecule has 2 rings (SSSR count). The molecule has 0 spiro atoms. The van der Waals surface area contributed by atoms with Crippen molar-refractivity contribution in [2.24, 2.45) is 10.8 Å². The van der Waals surface area contributed by atoms with Crippen LogP contribution >= 0.6 is 15.9 Å². The standard InChI is InChI=1S/C15H12BrN5/c16-12-5-1-10(2-6-12)11-3-7-13(8-4-11)20-21-14(9-17)15(18)19/h1-8,20H,(H3,18,19)/b21-14+. The van der Waals surface area contributed by atoms with Crippen molar-refractivity contribution in [2.45, 2.75) is 0 Å². The number of rotatable bonds is 4. The van der Waals surface area contributed by atoms with Gasteiger partial charge in [-0.05, 0) is 35.4 Å². The quantitative estimate of drug-likeness (QED) is 0.451. The van der Waals surface area contributed by atoms with Crippen LogP contribution in [0.3, 0.4) is 0 Å². The second kappa shape index (κ2) is 6.68. The van der Waals surface area contributed by atoms with Gasteiger partial charge in [0.05, 0.1) is 5.69 Å². The van der Waals surface area contributed by atoms with Gasteiger partial charge in [-0.1, -0.05) is 40.2 Å². The topological polar surface area (TPSA) is 98.0 Å². The Morgan fingerprint density at radius 3 is 2.10 bits per heavy atom. The number of nitrogens with one attached hydrogen (secondary N) is 2. The van der Waals surface area contributed by atoms with E-state index < -0.39 is 0 Å². The predicted octanol–water partition coefficient (Wildman–Crippen LogP) is 3.34. The number of hydrogen-bond acceptors (Lipinski definition) is 4. The molecular weight excluding hydrogens is 330 g/mol. The van der Waals surface area contributed by atoms with Gasteiger partial charge in [0, 0.05) is 4.47 Å². The zero-order valence-electron chi connectivity index (χ0n) is 11.0. The van der Waals surface area contributed by atoms with Gasteiger partial charge in [0.15, 0.2) is 5.84 Å². The summed E-state index contributed by atoms with van der Waals surface area (Å²) in [6.07, 6.45) is 0. The molecule has 0 heterocycles. The first kappa shape index (κ1) is 14.8. The summed E-state index contributed by atoms with van der Waals surface area (Å²) in [7, 11) is 0. The third kappa shape index (κ3) is 3.91. The molecule has 0 saturated carbocycles. The fraction of sp³-hybridized carbons (Fsp3) is 0. The summed E-state index contributed by atoms with van der Waals surface area (Å²) < 4.78 is 1.03. The first-order valence-corrected chi connectivity index (χ1v) is 6.83. The van der Waals surface area contributed by atoms with Crippen LogP contribution in [0.4, 0.5) is 5.69 Å². The van der Waals surface area contributed by atoms with Gasteiger partial charge < -0.3 is 5.73 Å². The van der Waals surface area contributed by atoms with Gasteiger partial charge in [0.25, 0.3) is 0 Å². The largest absolute Gasteiger partial charge is 0.382 e. The summed E-state index contributed by atoms with van der Waals surface area (Å²) in [5, 5.41) is 19.7. The average molecular weight is 342 g/mol. The molecule has 0 aliphatic rings. The third-order valence-corrected chi connectivity index (χ3v) is 3.25.